The maximum absolute atomic E-state index is 12.9. The number of halogens is 2. The zero-order valence-corrected chi connectivity index (χ0v) is 16.0. The molecule has 0 saturated carbocycles. The predicted molar refractivity (Wildman–Crippen MR) is 104 cm³/mol. The summed E-state index contributed by atoms with van der Waals surface area (Å²) in [6.45, 7) is 0.287. The van der Waals surface area contributed by atoms with E-state index in [1.165, 1.54) is 24.3 Å². The highest BCUT2D eigenvalue weighted by Gasteiger charge is 2.14. The van der Waals surface area contributed by atoms with Gasteiger partial charge in [0.15, 0.2) is 0 Å². The Morgan fingerprint density at radius 3 is 1.79 bits per heavy atom. The molecular formula is C21H18F2N2O3S. The van der Waals surface area contributed by atoms with Crippen LogP contribution in [0.1, 0.15) is 21.5 Å². The second-order valence-electron chi connectivity index (χ2n) is 6.28. The highest BCUT2D eigenvalue weighted by atomic mass is 32.2. The Morgan fingerprint density at radius 1 is 0.724 bits per heavy atom. The van der Waals surface area contributed by atoms with Gasteiger partial charge in [-0.3, -0.25) is 4.79 Å². The van der Waals surface area contributed by atoms with E-state index in [9.17, 15) is 22.0 Å². The summed E-state index contributed by atoms with van der Waals surface area (Å²) < 4.78 is 52.7. The summed E-state index contributed by atoms with van der Waals surface area (Å²) in [7, 11) is -3.77. The highest BCUT2D eigenvalue weighted by molar-refractivity contribution is 7.89. The summed E-state index contributed by atoms with van der Waals surface area (Å²) >= 11 is 0. The minimum atomic E-state index is -3.77. The smallest absolute Gasteiger partial charge is 0.251 e. The van der Waals surface area contributed by atoms with E-state index in [1.54, 1.807) is 36.4 Å². The fourth-order valence-corrected chi connectivity index (χ4v) is 3.55. The Kier molecular flexibility index (Phi) is 6.36. The van der Waals surface area contributed by atoms with Gasteiger partial charge >= 0.3 is 0 Å². The maximum Gasteiger partial charge on any atom is 0.251 e. The minimum absolute atomic E-state index is 0.0250. The van der Waals surface area contributed by atoms with E-state index in [0.29, 0.717) is 11.1 Å². The molecular weight excluding hydrogens is 398 g/mol. The van der Waals surface area contributed by atoms with Crippen molar-refractivity contribution < 1.29 is 22.0 Å². The third kappa shape index (κ3) is 5.69. The lowest BCUT2D eigenvalue weighted by molar-refractivity contribution is 0.0951. The summed E-state index contributed by atoms with van der Waals surface area (Å²) in [4.78, 5) is 12.2. The van der Waals surface area contributed by atoms with Gasteiger partial charge < -0.3 is 5.32 Å². The molecule has 0 radical (unpaired) electrons. The molecule has 0 unspecified atom stereocenters. The molecule has 0 saturated heterocycles. The largest absolute Gasteiger partial charge is 0.348 e. The normalized spacial score (nSPS) is 11.2. The SMILES string of the molecule is O=C(NCc1ccc(F)cc1)c1ccc(CNS(=O)(=O)c2ccc(F)cc2)cc1. The molecule has 0 heterocycles. The number of sulfonamides is 1. The number of carbonyl (C=O) groups is 1. The zero-order chi connectivity index (χ0) is 20.9. The first-order chi connectivity index (χ1) is 13.8. The van der Waals surface area contributed by atoms with Crippen LogP contribution in [0, 0.1) is 11.6 Å². The van der Waals surface area contributed by atoms with Crippen LogP contribution in [0.15, 0.2) is 77.7 Å². The second-order valence-corrected chi connectivity index (χ2v) is 8.05. The summed E-state index contributed by atoms with van der Waals surface area (Å²) in [6, 6.07) is 16.8. The number of carbonyl (C=O) groups excluding carboxylic acids is 1. The maximum atomic E-state index is 12.9. The van der Waals surface area contributed by atoms with Crippen LogP contribution in [0.2, 0.25) is 0 Å². The van der Waals surface area contributed by atoms with Gasteiger partial charge in [-0.1, -0.05) is 24.3 Å². The van der Waals surface area contributed by atoms with Crippen LogP contribution in [0.3, 0.4) is 0 Å². The van der Waals surface area contributed by atoms with Gasteiger partial charge in [0.25, 0.3) is 5.91 Å². The Labute approximate surface area is 167 Å². The van der Waals surface area contributed by atoms with E-state index in [2.05, 4.69) is 10.0 Å². The van der Waals surface area contributed by atoms with E-state index < -0.39 is 15.8 Å². The number of hydrogen-bond acceptors (Lipinski definition) is 3. The zero-order valence-electron chi connectivity index (χ0n) is 15.2. The average Bonchev–Trinajstić information content (AvgIpc) is 2.72. The van der Waals surface area contributed by atoms with Crippen LogP contribution in [0.5, 0.6) is 0 Å². The molecule has 0 aliphatic rings. The molecule has 0 aliphatic heterocycles. The molecule has 0 aliphatic carbocycles. The molecule has 3 aromatic rings. The quantitative estimate of drug-likeness (QED) is 0.620. The topological polar surface area (TPSA) is 75.3 Å². The Bertz CT molecular complexity index is 1080. The summed E-state index contributed by atoms with van der Waals surface area (Å²) in [5, 5.41) is 2.73. The van der Waals surface area contributed by atoms with Gasteiger partial charge in [-0.05, 0) is 59.7 Å². The molecule has 150 valence electrons. The number of hydrogen-bond donors (Lipinski definition) is 2. The van der Waals surface area contributed by atoms with Crippen molar-refractivity contribution in [3.05, 3.63) is 101 Å². The molecule has 3 aromatic carbocycles. The van der Waals surface area contributed by atoms with Gasteiger partial charge in [0.1, 0.15) is 11.6 Å². The van der Waals surface area contributed by atoms with Crippen LogP contribution in [0.25, 0.3) is 0 Å². The lowest BCUT2D eigenvalue weighted by Crippen LogP contribution is -2.24. The highest BCUT2D eigenvalue weighted by Crippen LogP contribution is 2.11. The van der Waals surface area contributed by atoms with Crippen molar-refractivity contribution in [1.82, 2.24) is 10.0 Å². The van der Waals surface area contributed by atoms with Crippen molar-refractivity contribution in [2.45, 2.75) is 18.0 Å². The minimum Gasteiger partial charge on any atom is -0.348 e. The Balaban J connectivity index is 1.56. The lowest BCUT2D eigenvalue weighted by atomic mass is 10.1. The van der Waals surface area contributed by atoms with Crippen LogP contribution in [0.4, 0.5) is 8.78 Å². The van der Waals surface area contributed by atoms with Crippen molar-refractivity contribution in [2.75, 3.05) is 0 Å². The van der Waals surface area contributed by atoms with Crippen LogP contribution in [-0.4, -0.2) is 14.3 Å². The number of amides is 1. The van der Waals surface area contributed by atoms with Crippen LogP contribution >= 0.6 is 0 Å². The van der Waals surface area contributed by atoms with E-state index >= 15 is 0 Å². The number of rotatable bonds is 7. The first kappa shape index (κ1) is 20.6. The Hall–Kier alpha value is -3.10. The predicted octanol–water partition coefficient (Wildman–Crippen LogP) is 3.37. The molecule has 0 bridgehead atoms. The summed E-state index contributed by atoms with van der Waals surface area (Å²) in [5.41, 5.74) is 1.84. The van der Waals surface area contributed by atoms with E-state index in [-0.39, 0.29) is 29.7 Å². The molecule has 3 rings (SSSR count). The monoisotopic (exact) mass is 416 g/mol. The van der Waals surface area contributed by atoms with Crippen molar-refractivity contribution >= 4 is 15.9 Å². The van der Waals surface area contributed by atoms with Crippen molar-refractivity contribution in [2.24, 2.45) is 0 Å². The molecule has 0 atom stereocenters. The first-order valence-corrected chi connectivity index (χ1v) is 10.2. The van der Waals surface area contributed by atoms with E-state index in [4.69, 9.17) is 0 Å². The molecule has 0 fully saturated rings. The summed E-state index contributed by atoms with van der Waals surface area (Å²) in [5.74, 6) is -1.16. The van der Waals surface area contributed by atoms with Gasteiger partial charge in [0.05, 0.1) is 4.90 Å². The molecule has 5 nitrogen and oxygen atoms in total. The van der Waals surface area contributed by atoms with E-state index in [1.807, 2.05) is 0 Å². The average molecular weight is 416 g/mol. The lowest BCUT2D eigenvalue weighted by Gasteiger charge is -2.08. The number of benzene rings is 3. The van der Waals surface area contributed by atoms with E-state index in [0.717, 1.165) is 17.7 Å². The van der Waals surface area contributed by atoms with Gasteiger partial charge in [-0.15, -0.1) is 0 Å². The molecule has 0 aromatic heterocycles. The fourth-order valence-electron chi connectivity index (χ4n) is 2.54. The molecule has 2 N–H and O–H groups in total. The fraction of sp³-hybridized carbons (Fsp3) is 0.0952. The molecule has 8 heteroatoms. The molecule has 0 spiro atoms. The van der Waals surface area contributed by atoms with Crippen LogP contribution < -0.4 is 10.0 Å². The third-order valence-electron chi connectivity index (χ3n) is 4.17. The third-order valence-corrected chi connectivity index (χ3v) is 5.59. The van der Waals surface area contributed by atoms with Gasteiger partial charge in [-0.2, -0.15) is 0 Å². The van der Waals surface area contributed by atoms with Gasteiger partial charge in [0, 0.05) is 18.7 Å². The van der Waals surface area contributed by atoms with Crippen LogP contribution in [-0.2, 0) is 23.1 Å². The summed E-state index contributed by atoms with van der Waals surface area (Å²) in [6.07, 6.45) is 0. The number of nitrogens with one attached hydrogen (secondary N) is 2. The Morgan fingerprint density at radius 2 is 1.21 bits per heavy atom. The molecule has 1 amide bonds. The first-order valence-electron chi connectivity index (χ1n) is 8.70. The van der Waals surface area contributed by atoms with Gasteiger partial charge in [0.2, 0.25) is 10.0 Å². The van der Waals surface area contributed by atoms with Crippen molar-refractivity contribution in [3.63, 3.8) is 0 Å². The second kappa shape index (κ2) is 8.93. The standard InChI is InChI=1S/C21H18F2N2O3S/c22-18-7-3-15(4-8-18)13-24-21(26)17-5-1-16(2-6-17)14-25-29(27,28)20-11-9-19(23)10-12-20/h1-12,25H,13-14H2,(H,24,26). The van der Waals surface area contributed by atoms with Crippen molar-refractivity contribution in [1.29, 1.82) is 0 Å². The van der Waals surface area contributed by atoms with Gasteiger partial charge in [-0.25, -0.2) is 21.9 Å². The van der Waals surface area contributed by atoms with Crippen molar-refractivity contribution in [3.8, 4) is 0 Å². The molecule has 29 heavy (non-hydrogen) atoms.